The van der Waals surface area contributed by atoms with Gasteiger partial charge in [0.1, 0.15) is 11.4 Å². The van der Waals surface area contributed by atoms with Gasteiger partial charge in [-0.05, 0) is 18.4 Å². The van der Waals surface area contributed by atoms with Crippen LogP contribution in [0.5, 0.6) is 5.88 Å². The van der Waals surface area contributed by atoms with E-state index in [-0.39, 0.29) is 0 Å². The maximum atomic E-state index is 5.79. The Kier molecular flexibility index (Phi) is 5.76. The van der Waals surface area contributed by atoms with Gasteiger partial charge in [-0.15, -0.1) is 11.3 Å². The molecule has 0 aliphatic carbocycles. The zero-order valence-corrected chi connectivity index (χ0v) is 13.9. The first-order valence-corrected chi connectivity index (χ1v) is 8.14. The molecule has 2 aromatic rings. The lowest BCUT2D eigenvalue weighted by molar-refractivity contribution is 0.0811. The van der Waals surface area contributed by atoms with E-state index in [0.29, 0.717) is 31.0 Å². The number of nitrogens with zero attached hydrogens (tertiary/aromatic N) is 2. The van der Waals surface area contributed by atoms with Crippen molar-refractivity contribution in [3.8, 4) is 5.88 Å². The van der Waals surface area contributed by atoms with Crippen molar-refractivity contribution in [2.75, 3.05) is 32.2 Å². The molecule has 0 saturated heterocycles. The number of aromatic nitrogens is 2. The van der Waals surface area contributed by atoms with Gasteiger partial charge in [-0.2, -0.15) is 4.98 Å². The Morgan fingerprint density at radius 1 is 1.29 bits per heavy atom. The van der Waals surface area contributed by atoms with Crippen LogP contribution in [-0.4, -0.2) is 36.8 Å². The first-order chi connectivity index (χ1) is 10.1. The number of aryl methyl sites for hydroxylation is 1. The summed E-state index contributed by atoms with van der Waals surface area (Å²) in [6.07, 6.45) is 0.993. The minimum Gasteiger partial charge on any atom is -0.475 e. The largest absolute Gasteiger partial charge is 0.475 e. The summed E-state index contributed by atoms with van der Waals surface area (Å²) >= 11 is 1.69. The molecule has 2 aromatic heterocycles. The average Bonchev–Trinajstić information content (AvgIpc) is 2.89. The molecule has 0 atom stereocenters. The van der Waals surface area contributed by atoms with Crippen molar-refractivity contribution in [1.29, 1.82) is 0 Å². The van der Waals surface area contributed by atoms with Crippen LogP contribution in [0.25, 0.3) is 10.2 Å². The Labute approximate surface area is 129 Å². The molecule has 5 nitrogen and oxygen atoms in total. The number of nitrogens with one attached hydrogen (secondary N) is 1. The molecule has 0 aromatic carbocycles. The summed E-state index contributed by atoms with van der Waals surface area (Å²) in [7, 11) is 1.81. The maximum Gasteiger partial charge on any atom is 0.227 e. The van der Waals surface area contributed by atoms with Gasteiger partial charge in [-0.25, -0.2) is 4.98 Å². The van der Waals surface area contributed by atoms with E-state index in [4.69, 9.17) is 9.47 Å². The molecule has 0 fully saturated rings. The molecule has 2 rings (SSSR count). The fourth-order valence-corrected chi connectivity index (χ4v) is 2.82. The SMILES string of the molecule is CCc1cc2c(OCCOCC(C)C)nc(NC)nc2s1. The van der Waals surface area contributed by atoms with E-state index in [1.165, 1.54) is 4.88 Å². The third-order valence-electron chi connectivity index (χ3n) is 2.90. The molecule has 0 unspecified atom stereocenters. The molecule has 2 heterocycles. The lowest BCUT2D eigenvalue weighted by atomic mass is 10.2. The summed E-state index contributed by atoms with van der Waals surface area (Å²) in [4.78, 5) is 11.1. The zero-order valence-electron chi connectivity index (χ0n) is 13.1. The topological polar surface area (TPSA) is 56.3 Å². The second-order valence-electron chi connectivity index (χ2n) is 5.20. The molecular formula is C15H23N3O2S. The molecule has 0 saturated carbocycles. The standard InChI is InChI=1S/C15H23N3O2S/c1-5-11-8-12-13(20-7-6-19-9-10(2)3)17-15(16-4)18-14(12)21-11/h8,10H,5-7,9H2,1-4H3,(H,16,17,18). The Bertz CT molecular complexity index is 584. The van der Waals surface area contributed by atoms with E-state index in [1.807, 2.05) is 7.05 Å². The van der Waals surface area contributed by atoms with Crippen LogP contribution in [0.4, 0.5) is 5.95 Å². The maximum absolute atomic E-state index is 5.79. The second kappa shape index (κ2) is 7.56. The average molecular weight is 309 g/mol. The molecule has 0 amide bonds. The van der Waals surface area contributed by atoms with Gasteiger partial charge in [0.25, 0.3) is 0 Å². The lowest BCUT2D eigenvalue weighted by Crippen LogP contribution is -2.11. The number of ether oxygens (including phenoxy) is 2. The fourth-order valence-electron chi connectivity index (χ4n) is 1.86. The number of fused-ring (bicyclic) bond motifs is 1. The highest BCUT2D eigenvalue weighted by molar-refractivity contribution is 7.18. The summed E-state index contributed by atoms with van der Waals surface area (Å²) < 4.78 is 11.3. The molecule has 0 spiro atoms. The highest BCUT2D eigenvalue weighted by atomic mass is 32.1. The van der Waals surface area contributed by atoms with Crippen LogP contribution in [0, 0.1) is 5.92 Å². The van der Waals surface area contributed by atoms with Gasteiger partial charge in [0.2, 0.25) is 11.8 Å². The molecule has 21 heavy (non-hydrogen) atoms. The number of anilines is 1. The summed E-state index contributed by atoms with van der Waals surface area (Å²) in [6.45, 7) is 8.22. The van der Waals surface area contributed by atoms with E-state index < -0.39 is 0 Å². The lowest BCUT2D eigenvalue weighted by Gasteiger charge is -2.09. The third kappa shape index (κ3) is 4.28. The van der Waals surface area contributed by atoms with Crippen LogP contribution in [0.15, 0.2) is 6.07 Å². The van der Waals surface area contributed by atoms with E-state index in [2.05, 4.69) is 42.1 Å². The van der Waals surface area contributed by atoms with Crippen LogP contribution in [-0.2, 0) is 11.2 Å². The van der Waals surface area contributed by atoms with E-state index in [1.54, 1.807) is 11.3 Å². The van der Waals surface area contributed by atoms with Gasteiger partial charge in [0.05, 0.1) is 12.0 Å². The van der Waals surface area contributed by atoms with Gasteiger partial charge < -0.3 is 14.8 Å². The summed E-state index contributed by atoms with van der Waals surface area (Å²) in [5.74, 6) is 1.76. The molecule has 116 valence electrons. The number of thiophene rings is 1. The summed E-state index contributed by atoms with van der Waals surface area (Å²) in [5, 5.41) is 3.96. The van der Waals surface area contributed by atoms with Crippen molar-refractivity contribution in [3.63, 3.8) is 0 Å². The number of hydrogen-bond donors (Lipinski definition) is 1. The first kappa shape index (κ1) is 16.0. The van der Waals surface area contributed by atoms with Crippen molar-refractivity contribution >= 4 is 27.5 Å². The predicted molar refractivity (Wildman–Crippen MR) is 87.5 cm³/mol. The van der Waals surface area contributed by atoms with Crippen molar-refractivity contribution in [3.05, 3.63) is 10.9 Å². The molecule has 0 aliphatic rings. The minimum atomic E-state index is 0.499. The van der Waals surface area contributed by atoms with Crippen molar-refractivity contribution in [1.82, 2.24) is 9.97 Å². The molecule has 0 radical (unpaired) electrons. The van der Waals surface area contributed by atoms with Gasteiger partial charge in [-0.1, -0.05) is 20.8 Å². The summed E-state index contributed by atoms with van der Waals surface area (Å²) in [6, 6.07) is 2.11. The minimum absolute atomic E-state index is 0.499. The summed E-state index contributed by atoms with van der Waals surface area (Å²) in [5.41, 5.74) is 0. The van der Waals surface area contributed by atoms with Gasteiger partial charge in [-0.3, -0.25) is 0 Å². The van der Waals surface area contributed by atoms with Crippen LogP contribution >= 0.6 is 11.3 Å². The smallest absolute Gasteiger partial charge is 0.227 e. The fraction of sp³-hybridized carbons (Fsp3) is 0.600. The van der Waals surface area contributed by atoms with E-state index in [0.717, 1.165) is 23.2 Å². The Morgan fingerprint density at radius 2 is 2.10 bits per heavy atom. The van der Waals surface area contributed by atoms with Crippen molar-refractivity contribution in [2.45, 2.75) is 27.2 Å². The van der Waals surface area contributed by atoms with E-state index >= 15 is 0 Å². The highest BCUT2D eigenvalue weighted by Gasteiger charge is 2.12. The monoisotopic (exact) mass is 309 g/mol. The second-order valence-corrected chi connectivity index (χ2v) is 6.32. The van der Waals surface area contributed by atoms with E-state index in [9.17, 15) is 0 Å². The predicted octanol–water partition coefficient (Wildman–Crippen LogP) is 3.35. The van der Waals surface area contributed by atoms with Gasteiger partial charge in [0, 0.05) is 18.5 Å². The quantitative estimate of drug-likeness (QED) is 0.758. The van der Waals surface area contributed by atoms with Crippen LogP contribution in [0.2, 0.25) is 0 Å². The normalized spacial score (nSPS) is 11.3. The third-order valence-corrected chi connectivity index (χ3v) is 4.07. The van der Waals surface area contributed by atoms with Crippen molar-refractivity contribution in [2.24, 2.45) is 5.92 Å². The van der Waals surface area contributed by atoms with Crippen LogP contribution in [0.1, 0.15) is 25.6 Å². The molecule has 0 aliphatic heterocycles. The Morgan fingerprint density at radius 3 is 2.76 bits per heavy atom. The van der Waals surface area contributed by atoms with Crippen LogP contribution in [0.3, 0.4) is 0 Å². The molecular weight excluding hydrogens is 286 g/mol. The van der Waals surface area contributed by atoms with Crippen molar-refractivity contribution < 1.29 is 9.47 Å². The molecule has 6 heteroatoms. The Balaban J connectivity index is 2.08. The molecule has 1 N–H and O–H groups in total. The Hall–Kier alpha value is -1.40. The highest BCUT2D eigenvalue weighted by Crippen LogP contribution is 2.31. The number of hydrogen-bond acceptors (Lipinski definition) is 6. The number of rotatable bonds is 8. The zero-order chi connectivity index (χ0) is 15.2. The van der Waals surface area contributed by atoms with Gasteiger partial charge in [0.15, 0.2) is 0 Å². The first-order valence-electron chi connectivity index (χ1n) is 7.32. The van der Waals surface area contributed by atoms with Gasteiger partial charge >= 0.3 is 0 Å². The van der Waals surface area contributed by atoms with Crippen LogP contribution < -0.4 is 10.1 Å². The molecule has 0 bridgehead atoms.